The van der Waals surface area contributed by atoms with Crippen LogP contribution in [0.1, 0.15) is 38.4 Å². The van der Waals surface area contributed by atoms with E-state index in [0.29, 0.717) is 42.5 Å². The summed E-state index contributed by atoms with van der Waals surface area (Å²) in [4.78, 5) is 34.4. The summed E-state index contributed by atoms with van der Waals surface area (Å²) in [7, 11) is 0. The molecular weight excluding hydrogens is 384 g/mol. The van der Waals surface area contributed by atoms with Gasteiger partial charge in [-0.15, -0.1) is 0 Å². The van der Waals surface area contributed by atoms with E-state index in [2.05, 4.69) is 9.97 Å². The van der Waals surface area contributed by atoms with E-state index in [1.54, 1.807) is 24.3 Å². The van der Waals surface area contributed by atoms with Gasteiger partial charge in [0.25, 0.3) is 0 Å². The molecule has 1 aliphatic rings. The molecule has 1 aliphatic heterocycles. The van der Waals surface area contributed by atoms with Crippen molar-refractivity contribution >= 4 is 22.9 Å². The van der Waals surface area contributed by atoms with Crippen molar-refractivity contribution in [2.45, 2.75) is 46.2 Å². The fourth-order valence-corrected chi connectivity index (χ4v) is 3.85. The lowest BCUT2D eigenvalue weighted by Crippen LogP contribution is -2.43. The predicted octanol–water partition coefficient (Wildman–Crippen LogP) is 4.07. The van der Waals surface area contributed by atoms with E-state index < -0.39 is 6.09 Å². The van der Waals surface area contributed by atoms with Crippen LogP contribution in [0.25, 0.3) is 10.9 Å². The average Bonchev–Trinajstić information content (AvgIpc) is 3.11. The summed E-state index contributed by atoms with van der Waals surface area (Å²) >= 11 is 0. The van der Waals surface area contributed by atoms with Crippen LogP contribution in [0.3, 0.4) is 0 Å². The van der Waals surface area contributed by atoms with Gasteiger partial charge in [0.2, 0.25) is 11.8 Å². The number of carbonyl (C=O) groups is 2. The van der Waals surface area contributed by atoms with Crippen molar-refractivity contribution in [3.63, 3.8) is 0 Å². The summed E-state index contributed by atoms with van der Waals surface area (Å²) in [5.41, 5.74) is 2.29. The molecule has 0 fully saturated rings. The summed E-state index contributed by atoms with van der Waals surface area (Å²) in [6.07, 6.45) is 3.06. The zero-order chi connectivity index (χ0) is 21.4. The van der Waals surface area contributed by atoms with E-state index >= 15 is 0 Å². The van der Waals surface area contributed by atoms with Gasteiger partial charge in [0, 0.05) is 29.6 Å². The molecule has 156 valence electrons. The Bertz CT molecular complexity index is 1120. The van der Waals surface area contributed by atoms with Gasteiger partial charge in [-0.1, -0.05) is 13.8 Å². The lowest BCUT2D eigenvalue weighted by atomic mass is 9.98. The summed E-state index contributed by atoms with van der Waals surface area (Å²) < 4.78 is 7.21. The molecular formula is C22H24N4O4. The Labute approximate surface area is 174 Å². The maximum Gasteiger partial charge on any atom is 0.415 e. The van der Waals surface area contributed by atoms with Crippen LogP contribution in [-0.4, -0.2) is 42.6 Å². The quantitative estimate of drug-likeness (QED) is 0.699. The van der Waals surface area contributed by atoms with Crippen molar-refractivity contribution in [2.75, 3.05) is 0 Å². The number of carbonyl (C=O) groups excluding carboxylic acids is 1. The molecule has 1 amide bonds. The van der Waals surface area contributed by atoms with Crippen molar-refractivity contribution in [1.29, 1.82) is 0 Å². The van der Waals surface area contributed by atoms with Gasteiger partial charge in [-0.3, -0.25) is 9.36 Å². The van der Waals surface area contributed by atoms with Crippen molar-refractivity contribution in [3.8, 4) is 11.6 Å². The molecule has 2 aromatic heterocycles. The summed E-state index contributed by atoms with van der Waals surface area (Å²) in [6, 6.07) is 6.98. The number of hydrogen-bond acceptors (Lipinski definition) is 5. The first-order chi connectivity index (χ1) is 14.3. The van der Waals surface area contributed by atoms with E-state index in [-0.39, 0.29) is 11.9 Å². The molecule has 0 saturated heterocycles. The fourth-order valence-electron chi connectivity index (χ4n) is 3.85. The maximum atomic E-state index is 12.6. The molecule has 0 radical (unpaired) electrons. The van der Waals surface area contributed by atoms with Gasteiger partial charge in [0.05, 0.1) is 17.8 Å². The molecule has 30 heavy (non-hydrogen) atoms. The molecule has 8 nitrogen and oxygen atoms in total. The highest BCUT2D eigenvalue weighted by Crippen LogP contribution is 2.32. The van der Waals surface area contributed by atoms with E-state index in [4.69, 9.17) is 4.74 Å². The zero-order valence-electron chi connectivity index (χ0n) is 17.2. The van der Waals surface area contributed by atoms with E-state index in [0.717, 1.165) is 21.2 Å². The monoisotopic (exact) mass is 408 g/mol. The number of rotatable bonds is 4. The van der Waals surface area contributed by atoms with Crippen molar-refractivity contribution in [1.82, 2.24) is 19.4 Å². The van der Waals surface area contributed by atoms with Gasteiger partial charge in [-0.2, -0.15) is 0 Å². The van der Waals surface area contributed by atoms with Gasteiger partial charge >= 0.3 is 6.09 Å². The van der Waals surface area contributed by atoms with Crippen LogP contribution in [0.15, 0.2) is 36.8 Å². The SMILES string of the molecule is CC(C)CC(=O)N1Cc2ncnc(Oc3ccc4c(ccn4C(=O)O)c3)c2CC1C. The number of amides is 1. The molecule has 1 N–H and O–H groups in total. The Morgan fingerprint density at radius 3 is 2.80 bits per heavy atom. The highest BCUT2D eigenvalue weighted by Gasteiger charge is 2.30. The molecule has 3 heterocycles. The van der Waals surface area contributed by atoms with Gasteiger partial charge in [0.1, 0.15) is 12.1 Å². The van der Waals surface area contributed by atoms with Crippen LogP contribution >= 0.6 is 0 Å². The van der Waals surface area contributed by atoms with E-state index in [9.17, 15) is 14.7 Å². The number of fused-ring (bicyclic) bond motifs is 2. The molecule has 0 saturated carbocycles. The molecule has 3 aromatic rings. The number of hydrogen-bond donors (Lipinski definition) is 1. The second kappa shape index (κ2) is 7.78. The van der Waals surface area contributed by atoms with Crippen LogP contribution in [0, 0.1) is 5.92 Å². The highest BCUT2D eigenvalue weighted by molar-refractivity contribution is 5.89. The molecule has 0 aliphatic carbocycles. The summed E-state index contributed by atoms with van der Waals surface area (Å²) in [6.45, 7) is 6.55. The smallest absolute Gasteiger partial charge is 0.415 e. The highest BCUT2D eigenvalue weighted by atomic mass is 16.5. The van der Waals surface area contributed by atoms with Gasteiger partial charge in [-0.05, 0) is 43.5 Å². The third-order valence-corrected chi connectivity index (χ3v) is 5.33. The number of carboxylic acid groups (broad SMARTS) is 1. The van der Waals surface area contributed by atoms with Crippen LogP contribution in [0.2, 0.25) is 0 Å². The third-order valence-electron chi connectivity index (χ3n) is 5.33. The topological polar surface area (TPSA) is 97.6 Å². The van der Waals surface area contributed by atoms with Crippen LogP contribution in [-0.2, 0) is 17.8 Å². The lowest BCUT2D eigenvalue weighted by molar-refractivity contribution is -0.135. The number of aromatic nitrogens is 3. The minimum absolute atomic E-state index is 0.0316. The number of ether oxygens (including phenoxy) is 1. The molecule has 0 spiro atoms. The minimum Gasteiger partial charge on any atom is -0.464 e. The average molecular weight is 408 g/mol. The van der Waals surface area contributed by atoms with Gasteiger partial charge in [0.15, 0.2) is 0 Å². The first kappa shape index (κ1) is 19.9. The minimum atomic E-state index is -1.03. The zero-order valence-corrected chi connectivity index (χ0v) is 17.2. The van der Waals surface area contributed by atoms with E-state index in [1.807, 2.05) is 25.7 Å². The number of benzene rings is 1. The molecule has 0 bridgehead atoms. The molecule has 8 heteroatoms. The van der Waals surface area contributed by atoms with Crippen molar-refractivity contribution in [3.05, 3.63) is 48.0 Å². The maximum absolute atomic E-state index is 12.6. The standard InChI is InChI=1S/C22H24N4O4/c1-13(2)8-20(27)26-11-18-17(9-14(26)3)21(24-12-23-18)30-16-4-5-19-15(10-16)6-7-25(19)22(28)29/h4-7,10,12-14H,8-9,11H2,1-3H3,(H,28,29). The largest absolute Gasteiger partial charge is 0.464 e. The summed E-state index contributed by atoms with van der Waals surface area (Å²) in [5, 5.41) is 9.99. The molecule has 1 unspecified atom stereocenters. The predicted molar refractivity (Wildman–Crippen MR) is 111 cm³/mol. The van der Waals surface area contributed by atoms with Crippen LogP contribution in [0.5, 0.6) is 11.6 Å². The van der Waals surface area contributed by atoms with Gasteiger partial charge < -0.3 is 14.7 Å². The number of nitrogens with zero attached hydrogens (tertiary/aromatic N) is 4. The molecule has 4 rings (SSSR count). The van der Waals surface area contributed by atoms with Crippen LogP contribution in [0.4, 0.5) is 4.79 Å². The Morgan fingerprint density at radius 1 is 1.27 bits per heavy atom. The first-order valence-electron chi connectivity index (χ1n) is 9.98. The van der Waals surface area contributed by atoms with E-state index in [1.165, 1.54) is 12.5 Å². The third kappa shape index (κ3) is 3.72. The first-order valence-corrected chi connectivity index (χ1v) is 9.98. The fraction of sp³-hybridized carbons (Fsp3) is 0.364. The second-order valence-corrected chi connectivity index (χ2v) is 8.07. The second-order valence-electron chi connectivity index (χ2n) is 8.07. The Balaban J connectivity index is 1.60. The Hall–Kier alpha value is -3.42. The lowest BCUT2D eigenvalue weighted by Gasteiger charge is -2.35. The van der Waals surface area contributed by atoms with Crippen LogP contribution < -0.4 is 4.74 Å². The van der Waals surface area contributed by atoms with Gasteiger partial charge in [-0.25, -0.2) is 14.8 Å². The Morgan fingerprint density at radius 2 is 2.07 bits per heavy atom. The summed E-state index contributed by atoms with van der Waals surface area (Å²) in [5.74, 6) is 1.48. The van der Waals surface area contributed by atoms with Crippen molar-refractivity contribution < 1.29 is 19.4 Å². The Kier molecular flexibility index (Phi) is 5.15. The normalized spacial score (nSPS) is 16.0. The van der Waals surface area contributed by atoms with Crippen molar-refractivity contribution in [2.24, 2.45) is 5.92 Å². The molecule has 1 atom stereocenters. The molecule has 1 aromatic carbocycles.